The van der Waals surface area contributed by atoms with E-state index >= 15 is 0 Å². The molecule has 0 aliphatic carbocycles. The van der Waals surface area contributed by atoms with Gasteiger partial charge in [0.2, 0.25) is 0 Å². The lowest BCUT2D eigenvalue weighted by Crippen LogP contribution is -2.24. The second kappa shape index (κ2) is 4.74. The fourth-order valence-corrected chi connectivity index (χ4v) is 2.32. The third kappa shape index (κ3) is 3.30. The van der Waals surface area contributed by atoms with Gasteiger partial charge in [0, 0.05) is 0 Å². The van der Waals surface area contributed by atoms with Crippen LogP contribution >= 0.6 is 0 Å². The number of nitrogens with one attached hydrogen (secondary N) is 1. The Bertz CT molecular complexity index is 420. The van der Waals surface area contributed by atoms with Crippen LogP contribution in [0.25, 0.3) is 0 Å². The number of rotatable bonds is 4. The minimum absolute atomic E-state index is 0.230. The molecule has 1 aromatic carbocycles. The van der Waals surface area contributed by atoms with Crippen LogP contribution in [0.2, 0.25) is 0 Å². The van der Waals surface area contributed by atoms with Gasteiger partial charge in [-0.15, -0.1) is 0 Å². The first-order valence-corrected chi connectivity index (χ1v) is 6.16. The zero-order valence-corrected chi connectivity index (χ0v) is 9.89. The van der Waals surface area contributed by atoms with Gasteiger partial charge >= 0.3 is 0 Å². The fourth-order valence-electron chi connectivity index (χ4n) is 1.27. The summed E-state index contributed by atoms with van der Waals surface area (Å²) in [6, 6.07) is 5.13. The standard InChI is InChI=1S/C10H15NO3S/c1-4-14-11-15(12,13)10-6-8(2)5-9(3)7-10/h5-7,11H,4H2,1-3H3. The summed E-state index contributed by atoms with van der Waals surface area (Å²) in [7, 11) is -3.54. The molecular formula is C10H15NO3S. The van der Waals surface area contributed by atoms with Crippen LogP contribution in [0.15, 0.2) is 23.1 Å². The van der Waals surface area contributed by atoms with Gasteiger partial charge in [0.25, 0.3) is 10.0 Å². The lowest BCUT2D eigenvalue weighted by Gasteiger charge is -2.07. The van der Waals surface area contributed by atoms with E-state index in [-0.39, 0.29) is 4.90 Å². The van der Waals surface area contributed by atoms with Crippen molar-refractivity contribution in [1.82, 2.24) is 4.89 Å². The van der Waals surface area contributed by atoms with Crippen molar-refractivity contribution in [3.63, 3.8) is 0 Å². The quantitative estimate of drug-likeness (QED) is 0.797. The van der Waals surface area contributed by atoms with Crippen LogP contribution < -0.4 is 4.89 Å². The van der Waals surface area contributed by atoms with E-state index in [1.807, 2.05) is 19.9 Å². The molecule has 0 heterocycles. The van der Waals surface area contributed by atoms with Gasteiger partial charge in [-0.1, -0.05) is 11.0 Å². The highest BCUT2D eigenvalue weighted by Gasteiger charge is 2.14. The minimum atomic E-state index is -3.54. The number of hydrogen-bond donors (Lipinski definition) is 1. The van der Waals surface area contributed by atoms with Crippen LogP contribution in [0.5, 0.6) is 0 Å². The van der Waals surface area contributed by atoms with Crippen LogP contribution in [0.4, 0.5) is 0 Å². The lowest BCUT2D eigenvalue weighted by molar-refractivity contribution is 0.105. The summed E-state index contributed by atoms with van der Waals surface area (Å²) < 4.78 is 23.3. The highest BCUT2D eigenvalue weighted by atomic mass is 32.2. The van der Waals surface area contributed by atoms with Crippen LogP contribution in [0.3, 0.4) is 0 Å². The Morgan fingerprint density at radius 1 is 1.20 bits per heavy atom. The van der Waals surface area contributed by atoms with E-state index in [0.29, 0.717) is 6.61 Å². The van der Waals surface area contributed by atoms with Crippen LogP contribution in [0, 0.1) is 13.8 Å². The Labute approximate surface area is 90.3 Å². The molecule has 0 saturated carbocycles. The van der Waals surface area contributed by atoms with Gasteiger partial charge in [0.1, 0.15) is 0 Å². The molecule has 0 aromatic heterocycles. The van der Waals surface area contributed by atoms with E-state index in [2.05, 4.69) is 4.89 Å². The SMILES string of the molecule is CCONS(=O)(=O)c1cc(C)cc(C)c1. The van der Waals surface area contributed by atoms with Gasteiger partial charge in [-0.2, -0.15) is 0 Å². The van der Waals surface area contributed by atoms with Gasteiger partial charge < -0.3 is 0 Å². The maximum absolute atomic E-state index is 11.7. The molecule has 1 rings (SSSR count). The molecule has 0 aliphatic heterocycles. The average molecular weight is 229 g/mol. The Hall–Kier alpha value is -0.910. The first-order chi connectivity index (χ1) is 6.95. The van der Waals surface area contributed by atoms with Crippen LogP contribution in [-0.4, -0.2) is 15.0 Å². The molecule has 0 bridgehead atoms. The van der Waals surface area contributed by atoms with Crippen molar-refractivity contribution in [2.24, 2.45) is 0 Å². The number of benzene rings is 1. The summed E-state index contributed by atoms with van der Waals surface area (Å²) in [5, 5.41) is 0. The summed E-state index contributed by atoms with van der Waals surface area (Å²) in [6.07, 6.45) is 0. The Kier molecular flexibility index (Phi) is 3.84. The second-order valence-corrected chi connectivity index (χ2v) is 4.99. The van der Waals surface area contributed by atoms with Crippen molar-refractivity contribution < 1.29 is 13.3 Å². The molecule has 0 amide bonds. The number of aryl methyl sites for hydroxylation is 2. The first kappa shape index (κ1) is 12.2. The van der Waals surface area contributed by atoms with Gasteiger partial charge in [0.15, 0.2) is 0 Å². The predicted octanol–water partition coefficient (Wildman–Crippen LogP) is 1.53. The Morgan fingerprint density at radius 3 is 2.20 bits per heavy atom. The molecule has 0 atom stereocenters. The van der Waals surface area contributed by atoms with Gasteiger partial charge in [0.05, 0.1) is 11.5 Å². The second-order valence-electron chi connectivity index (χ2n) is 3.34. The molecule has 0 saturated heterocycles. The largest absolute Gasteiger partial charge is 0.287 e. The predicted molar refractivity (Wildman–Crippen MR) is 57.9 cm³/mol. The van der Waals surface area contributed by atoms with E-state index < -0.39 is 10.0 Å². The smallest absolute Gasteiger partial charge is 0.262 e. The average Bonchev–Trinajstić information content (AvgIpc) is 2.13. The monoisotopic (exact) mass is 229 g/mol. The van der Waals surface area contributed by atoms with Gasteiger partial charge in [-0.3, -0.25) is 4.84 Å². The molecule has 0 radical (unpaired) electrons. The summed E-state index contributed by atoms with van der Waals surface area (Å²) in [5.41, 5.74) is 1.82. The van der Waals surface area contributed by atoms with Crippen molar-refractivity contribution in [1.29, 1.82) is 0 Å². The summed E-state index contributed by atoms with van der Waals surface area (Å²) in [5.74, 6) is 0. The summed E-state index contributed by atoms with van der Waals surface area (Å²) in [4.78, 5) is 6.98. The van der Waals surface area contributed by atoms with Crippen molar-refractivity contribution in [3.05, 3.63) is 29.3 Å². The molecule has 1 N–H and O–H groups in total. The van der Waals surface area contributed by atoms with Gasteiger partial charge in [-0.25, -0.2) is 8.42 Å². The molecule has 4 nitrogen and oxygen atoms in total. The molecule has 15 heavy (non-hydrogen) atoms. The molecular weight excluding hydrogens is 214 g/mol. The molecule has 0 unspecified atom stereocenters. The van der Waals surface area contributed by atoms with E-state index in [0.717, 1.165) is 11.1 Å². The molecule has 0 fully saturated rings. The third-order valence-corrected chi connectivity index (χ3v) is 3.01. The molecule has 84 valence electrons. The van der Waals surface area contributed by atoms with E-state index in [1.165, 1.54) is 0 Å². The van der Waals surface area contributed by atoms with Crippen molar-refractivity contribution in [2.45, 2.75) is 25.7 Å². The van der Waals surface area contributed by atoms with Crippen LogP contribution in [-0.2, 0) is 14.9 Å². The number of sulfonamides is 1. The molecule has 0 aliphatic rings. The fraction of sp³-hybridized carbons (Fsp3) is 0.400. The summed E-state index contributed by atoms with van der Waals surface area (Å²) in [6.45, 7) is 5.72. The van der Waals surface area contributed by atoms with E-state index in [4.69, 9.17) is 4.84 Å². The third-order valence-electron chi connectivity index (χ3n) is 1.82. The van der Waals surface area contributed by atoms with Crippen molar-refractivity contribution in [2.75, 3.05) is 6.61 Å². The highest BCUT2D eigenvalue weighted by Crippen LogP contribution is 2.13. The molecule has 5 heteroatoms. The normalized spacial score (nSPS) is 11.7. The maximum atomic E-state index is 11.7. The van der Waals surface area contributed by atoms with Crippen molar-refractivity contribution >= 4 is 10.0 Å². The van der Waals surface area contributed by atoms with E-state index in [9.17, 15) is 8.42 Å². The zero-order chi connectivity index (χ0) is 11.5. The molecule has 1 aromatic rings. The van der Waals surface area contributed by atoms with Crippen molar-refractivity contribution in [3.8, 4) is 0 Å². The topological polar surface area (TPSA) is 55.4 Å². The maximum Gasteiger partial charge on any atom is 0.262 e. The lowest BCUT2D eigenvalue weighted by atomic mass is 10.2. The van der Waals surface area contributed by atoms with Crippen LogP contribution in [0.1, 0.15) is 18.1 Å². The summed E-state index contributed by atoms with van der Waals surface area (Å²) >= 11 is 0. The Balaban J connectivity index is 3.04. The Morgan fingerprint density at radius 2 is 1.73 bits per heavy atom. The number of hydrogen-bond acceptors (Lipinski definition) is 3. The van der Waals surface area contributed by atoms with Gasteiger partial charge in [-0.05, 0) is 44.0 Å². The molecule has 0 spiro atoms. The minimum Gasteiger partial charge on any atom is -0.287 e. The highest BCUT2D eigenvalue weighted by molar-refractivity contribution is 7.89. The first-order valence-electron chi connectivity index (χ1n) is 4.67. The van der Waals surface area contributed by atoms with E-state index in [1.54, 1.807) is 19.1 Å². The zero-order valence-electron chi connectivity index (χ0n) is 9.07.